The maximum Gasteiger partial charge on any atom is 0.318 e. The first-order valence-corrected chi connectivity index (χ1v) is 9.99. The van der Waals surface area contributed by atoms with Gasteiger partial charge in [0.2, 0.25) is 5.01 Å². The smallest absolute Gasteiger partial charge is 0.318 e. The third-order valence-electron chi connectivity index (χ3n) is 4.61. The first kappa shape index (κ1) is 20.0. The largest absolute Gasteiger partial charge is 0.467 e. The van der Waals surface area contributed by atoms with Crippen molar-refractivity contribution in [2.24, 2.45) is 0 Å². The predicted octanol–water partition coefficient (Wildman–Crippen LogP) is 3.71. The lowest BCUT2D eigenvalue weighted by atomic mass is 10.2. The van der Waals surface area contributed by atoms with Crippen molar-refractivity contribution in [1.82, 2.24) is 20.4 Å². The number of hydrogen-bond acceptors (Lipinski definition) is 6. The Bertz CT molecular complexity index is 1060. The van der Waals surface area contributed by atoms with Gasteiger partial charge in [0.15, 0.2) is 11.6 Å². The second-order valence-electron chi connectivity index (χ2n) is 6.62. The van der Waals surface area contributed by atoms with Crippen LogP contribution in [0.2, 0.25) is 0 Å². The molecular weight excluding hydrogens is 416 g/mol. The van der Waals surface area contributed by atoms with Gasteiger partial charge in [0.1, 0.15) is 10.8 Å². The summed E-state index contributed by atoms with van der Waals surface area (Å²) in [5, 5.41) is 13.8. The average Bonchev–Trinajstić information content (AvgIpc) is 3.49. The van der Waals surface area contributed by atoms with Crippen LogP contribution in [0.3, 0.4) is 0 Å². The number of urea groups is 1. The Morgan fingerprint density at radius 3 is 2.87 bits per heavy atom. The molecular formula is C19H17F2N5O3S. The second-order valence-corrected chi connectivity index (χ2v) is 7.63. The summed E-state index contributed by atoms with van der Waals surface area (Å²) in [5.74, 6) is -2.01. The molecule has 3 amide bonds. The molecule has 30 heavy (non-hydrogen) atoms. The van der Waals surface area contributed by atoms with Gasteiger partial charge in [-0.05, 0) is 37.1 Å². The zero-order valence-corrected chi connectivity index (χ0v) is 16.4. The van der Waals surface area contributed by atoms with E-state index in [1.54, 1.807) is 17.0 Å². The molecule has 1 unspecified atom stereocenters. The number of rotatable bonds is 5. The number of halogens is 2. The SMILES string of the molecule is O=C(Nc1ccc(F)c(F)c1)c1nnc(C2CCCN2C(=O)NCc2ccco2)s1. The second kappa shape index (κ2) is 8.57. The number of benzene rings is 1. The molecule has 0 aliphatic carbocycles. The summed E-state index contributed by atoms with van der Waals surface area (Å²) in [6, 6.07) is 6.03. The summed E-state index contributed by atoms with van der Waals surface area (Å²) < 4.78 is 31.5. The highest BCUT2D eigenvalue weighted by Crippen LogP contribution is 2.33. The zero-order chi connectivity index (χ0) is 21.1. The molecule has 2 N–H and O–H groups in total. The summed E-state index contributed by atoms with van der Waals surface area (Å²) >= 11 is 1.06. The number of carbonyl (C=O) groups is 2. The fraction of sp³-hybridized carbons (Fsp3) is 0.263. The van der Waals surface area contributed by atoms with E-state index in [0.717, 1.165) is 29.9 Å². The molecule has 11 heteroatoms. The normalized spacial score (nSPS) is 15.9. The van der Waals surface area contributed by atoms with Gasteiger partial charge in [-0.2, -0.15) is 0 Å². The van der Waals surface area contributed by atoms with Gasteiger partial charge < -0.3 is 20.0 Å². The van der Waals surface area contributed by atoms with Gasteiger partial charge in [0, 0.05) is 18.3 Å². The molecule has 0 bridgehead atoms. The third-order valence-corrected chi connectivity index (χ3v) is 5.63. The maximum atomic E-state index is 13.3. The molecule has 0 saturated carbocycles. The van der Waals surface area contributed by atoms with E-state index in [1.807, 2.05) is 0 Å². The van der Waals surface area contributed by atoms with Gasteiger partial charge >= 0.3 is 6.03 Å². The molecule has 0 spiro atoms. The molecule has 1 aliphatic rings. The van der Waals surface area contributed by atoms with Gasteiger partial charge in [-0.25, -0.2) is 13.6 Å². The standard InChI is InChI=1S/C19H17F2N5O3S/c20-13-6-5-11(9-14(13)21)23-16(27)18-25-24-17(30-18)15-4-1-7-26(15)19(28)22-10-12-3-2-8-29-12/h2-3,5-6,8-9,15H,1,4,7,10H2,(H,22,28)(H,23,27). The van der Waals surface area contributed by atoms with Crippen LogP contribution in [0, 0.1) is 11.6 Å². The van der Waals surface area contributed by atoms with Crippen LogP contribution in [-0.2, 0) is 6.54 Å². The summed E-state index contributed by atoms with van der Waals surface area (Å²) in [6.45, 7) is 0.831. The highest BCUT2D eigenvalue weighted by molar-refractivity contribution is 7.13. The predicted molar refractivity (Wildman–Crippen MR) is 104 cm³/mol. The monoisotopic (exact) mass is 433 g/mol. The maximum absolute atomic E-state index is 13.3. The van der Waals surface area contributed by atoms with E-state index in [4.69, 9.17) is 4.42 Å². The molecule has 1 aromatic carbocycles. The Morgan fingerprint density at radius 1 is 1.23 bits per heavy atom. The van der Waals surface area contributed by atoms with Crippen LogP contribution in [0.15, 0.2) is 41.0 Å². The van der Waals surface area contributed by atoms with Crippen molar-refractivity contribution in [2.75, 3.05) is 11.9 Å². The number of carbonyl (C=O) groups excluding carboxylic acids is 2. The third kappa shape index (κ3) is 4.30. The van der Waals surface area contributed by atoms with Crippen LogP contribution in [0.1, 0.15) is 39.5 Å². The number of nitrogens with zero attached hydrogens (tertiary/aromatic N) is 3. The van der Waals surface area contributed by atoms with Crippen LogP contribution >= 0.6 is 11.3 Å². The van der Waals surface area contributed by atoms with Gasteiger partial charge in [-0.15, -0.1) is 10.2 Å². The van der Waals surface area contributed by atoms with Gasteiger partial charge in [0.25, 0.3) is 5.91 Å². The molecule has 1 fully saturated rings. The minimum absolute atomic E-state index is 0.0672. The van der Waals surface area contributed by atoms with E-state index in [-0.39, 0.29) is 29.3 Å². The van der Waals surface area contributed by atoms with Crippen molar-refractivity contribution in [2.45, 2.75) is 25.4 Å². The quantitative estimate of drug-likeness (QED) is 0.639. The van der Waals surface area contributed by atoms with Gasteiger partial charge in [-0.3, -0.25) is 4.79 Å². The van der Waals surface area contributed by atoms with Crippen LogP contribution in [0.25, 0.3) is 0 Å². The number of anilines is 1. The summed E-state index contributed by atoms with van der Waals surface area (Å²) in [6.07, 6.45) is 3.04. The molecule has 1 atom stereocenters. The Morgan fingerprint density at radius 2 is 2.10 bits per heavy atom. The Labute approximate surface area is 173 Å². The fourth-order valence-corrected chi connectivity index (χ4v) is 4.05. The highest BCUT2D eigenvalue weighted by Gasteiger charge is 2.33. The number of furan rings is 1. The van der Waals surface area contributed by atoms with Gasteiger partial charge in [0.05, 0.1) is 18.8 Å². The van der Waals surface area contributed by atoms with Gasteiger partial charge in [-0.1, -0.05) is 11.3 Å². The first-order chi connectivity index (χ1) is 14.5. The van der Waals surface area contributed by atoms with Crippen molar-refractivity contribution in [1.29, 1.82) is 0 Å². The van der Waals surface area contributed by atoms with Crippen molar-refractivity contribution in [3.05, 3.63) is 64.0 Å². The molecule has 2 aromatic heterocycles. The van der Waals surface area contributed by atoms with Crippen molar-refractivity contribution in [3.63, 3.8) is 0 Å². The lowest BCUT2D eigenvalue weighted by Crippen LogP contribution is -2.39. The molecule has 0 radical (unpaired) electrons. The molecule has 4 rings (SSSR count). The lowest BCUT2D eigenvalue weighted by Gasteiger charge is -2.22. The number of aromatic nitrogens is 2. The van der Waals surface area contributed by atoms with Crippen molar-refractivity contribution < 1.29 is 22.8 Å². The number of likely N-dealkylation sites (tertiary alicyclic amines) is 1. The molecule has 8 nitrogen and oxygen atoms in total. The zero-order valence-electron chi connectivity index (χ0n) is 15.6. The minimum Gasteiger partial charge on any atom is -0.467 e. The summed E-state index contributed by atoms with van der Waals surface area (Å²) in [5.41, 5.74) is 0.107. The van der Waals surface area contributed by atoms with Crippen LogP contribution in [-0.4, -0.2) is 33.6 Å². The molecule has 1 saturated heterocycles. The molecule has 3 aromatic rings. The minimum atomic E-state index is -1.06. The Hall–Kier alpha value is -3.34. The Balaban J connectivity index is 1.41. The summed E-state index contributed by atoms with van der Waals surface area (Å²) in [7, 11) is 0. The van der Waals surface area contributed by atoms with Crippen molar-refractivity contribution in [3.8, 4) is 0 Å². The molecule has 156 valence electrons. The Kier molecular flexibility index (Phi) is 5.70. The van der Waals surface area contributed by atoms with E-state index in [2.05, 4.69) is 20.8 Å². The number of hydrogen-bond donors (Lipinski definition) is 2. The molecule has 1 aliphatic heterocycles. The van der Waals surface area contributed by atoms with E-state index in [0.29, 0.717) is 23.7 Å². The number of amides is 3. The topological polar surface area (TPSA) is 100 Å². The van der Waals surface area contributed by atoms with E-state index >= 15 is 0 Å². The average molecular weight is 433 g/mol. The lowest BCUT2D eigenvalue weighted by molar-refractivity contribution is 0.102. The van der Waals surface area contributed by atoms with E-state index in [9.17, 15) is 18.4 Å². The molecule has 3 heterocycles. The highest BCUT2D eigenvalue weighted by atomic mass is 32.1. The first-order valence-electron chi connectivity index (χ1n) is 9.18. The van der Waals surface area contributed by atoms with Crippen LogP contribution in [0.4, 0.5) is 19.3 Å². The van der Waals surface area contributed by atoms with E-state index in [1.165, 1.54) is 12.3 Å². The van der Waals surface area contributed by atoms with Crippen LogP contribution in [0.5, 0.6) is 0 Å². The van der Waals surface area contributed by atoms with E-state index < -0.39 is 17.5 Å². The fourth-order valence-electron chi connectivity index (χ4n) is 3.16. The summed E-state index contributed by atoms with van der Waals surface area (Å²) in [4.78, 5) is 26.6. The number of nitrogens with one attached hydrogen (secondary N) is 2. The van der Waals surface area contributed by atoms with Crippen LogP contribution < -0.4 is 10.6 Å². The van der Waals surface area contributed by atoms with Crippen molar-refractivity contribution >= 4 is 29.0 Å².